The number of alkyl halides is 3. The number of rotatable bonds is 4. The van der Waals surface area contributed by atoms with E-state index in [2.05, 4.69) is 0 Å². The van der Waals surface area contributed by atoms with Gasteiger partial charge in [0.25, 0.3) is 0 Å². The van der Waals surface area contributed by atoms with Crippen molar-refractivity contribution in [1.82, 2.24) is 10.2 Å². The van der Waals surface area contributed by atoms with Crippen LogP contribution in [0.2, 0.25) is 0 Å². The fourth-order valence-corrected chi connectivity index (χ4v) is 4.19. The molecule has 0 radical (unpaired) electrons. The van der Waals surface area contributed by atoms with Crippen LogP contribution in [0, 0.1) is 22.7 Å². The lowest BCUT2D eigenvalue weighted by molar-refractivity contribution is -0.176. The van der Waals surface area contributed by atoms with Crippen LogP contribution in [-0.2, 0) is 14.4 Å². The van der Waals surface area contributed by atoms with Crippen molar-refractivity contribution in [2.75, 3.05) is 6.54 Å². The minimum Gasteiger partial charge on any atom is -0.480 e. The topological polar surface area (TPSA) is 86.7 Å². The number of nitrogens with zero attached hydrogens (tertiary/aromatic N) is 1. The molecule has 2 aliphatic carbocycles. The first kappa shape index (κ1) is 18.0. The third-order valence-corrected chi connectivity index (χ3v) is 6.26. The van der Waals surface area contributed by atoms with Gasteiger partial charge in [-0.05, 0) is 29.6 Å². The number of aliphatic carboxylic acids is 1. The van der Waals surface area contributed by atoms with Gasteiger partial charge in [0.05, 0.1) is 0 Å². The van der Waals surface area contributed by atoms with E-state index in [1.165, 1.54) is 0 Å². The van der Waals surface area contributed by atoms with Crippen molar-refractivity contribution in [2.45, 2.75) is 51.9 Å². The number of likely N-dealkylation sites (tertiary alicyclic amines) is 1. The summed E-state index contributed by atoms with van der Waals surface area (Å²) in [6.45, 7) is 5.67. The average molecular weight is 362 g/mol. The number of carboxylic acid groups (broad SMARTS) is 1. The number of hydrogen-bond donors (Lipinski definition) is 2. The molecular formula is C16H21F3N2O4. The predicted octanol–water partition coefficient (Wildman–Crippen LogP) is 1.40. The van der Waals surface area contributed by atoms with Crippen molar-refractivity contribution in [1.29, 1.82) is 0 Å². The molecule has 3 fully saturated rings. The Labute approximate surface area is 142 Å². The normalized spacial score (nSPS) is 32.6. The molecular weight excluding hydrogens is 341 g/mol. The summed E-state index contributed by atoms with van der Waals surface area (Å²) < 4.78 is 37.8. The van der Waals surface area contributed by atoms with Gasteiger partial charge >= 0.3 is 18.1 Å². The number of amides is 2. The van der Waals surface area contributed by atoms with Gasteiger partial charge in [-0.1, -0.05) is 20.8 Å². The van der Waals surface area contributed by atoms with Gasteiger partial charge in [-0.15, -0.1) is 0 Å². The van der Waals surface area contributed by atoms with Crippen molar-refractivity contribution in [3.63, 3.8) is 0 Å². The molecule has 6 nitrogen and oxygen atoms in total. The van der Waals surface area contributed by atoms with Crippen LogP contribution in [0.3, 0.4) is 0 Å². The highest BCUT2D eigenvalue weighted by Gasteiger charge is 2.70. The molecule has 0 aromatic heterocycles. The lowest BCUT2D eigenvalue weighted by atomic mass is 9.95. The Hall–Kier alpha value is -1.80. The minimum atomic E-state index is -5.09. The van der Waals surface area contributed by atoms with E-state index in [1.807, 2.05) is 13.8 Å². The van der Waals surface area contributed by atoms with Gasteiger partial charge in [0, 0.05) is 12.5 Å². The monoisotopic (exact) mass is 362 g/mol. The van der Waals surface area contributed by atoms with Crippen molar-refractivity contribution in [3.8, 4) is 0 Å². The van der Waals surface area contributed by atoms with E-state index in [-0.39, 0.29) is 23.8 Å². The second kappa shape index (κ2) is 5.11. The Morgan fingerprint density at radius 2 is 1.76 bits per heavy atom. The molecule has 0 unspecified atom stereocenters. The minimum absolute atomic E-state index is 0.0172. The molecule has 9 heteroatoms. The SMILES string of the molecule is CC1([C@H](NC(=O)C(F)(F)F)C(=O)N2C[C@H]3[C@@H]([C@H]2C(=O)O)C3(C)C)CC1. The highest BCUT2D eigenvalue weighted by atomic mass is 19.4. The zero-order valence-corrected chi connectivity index (χ0v) is 14.2. The van der Waals surface area contributed by atoms with E-state index in [0.29, 0.717) is 12.8 Å². The molecule has 1 saturated heterocycles. The largest absolute Gasteiger partial charge is 0.480 e. The van der Waals surface area contributed by atoms with Gasteiger partial charge in [-0.3, -0.25) is 9.59 Å². The third kappa shape index (κ3) is 2.77. The number of carboxylic acids is 1. The molecule has 0 aromatic carbocycles. The Morgan fingerprint density at radius 1 is 1.20 bits per heavy atom. The van der Waals surface area contributed by atoms with E-state index >= 15 is 0 Å². The summed E-state index contributed by atoms with van der Waals surface area (Å²) in [6, 6.07) is -2.41. The van der Waals surface area contributed by atoms with Crippen molar-refractivity contribution >= 4 is 17.8 Å². The highest BCUT2D eigenvalue weighted by Crippen LogP contribution is 2.65. The molecule has 2 N–H and O–H groups in total. The van der Waals surface area contributed by atoms with Crippen molar-refractivity contribution in [2.24, 2.45) is 22.7 Å². The Bertz CT molecular complexity index is 642. The van der Waals surface area contributed by atoms with Crippen LogP contribution in [0.4, 0.5) is 13.2 Å². The zero-order valence-electron chi connectivity index (χ0n) is 14.2. The average Bonchev–Trinajstić information content (AvgIpc) is 3.24. The summed E-state index contributed by atoms with van der Waals surface area (Å²) in [4.78, 5) is 37.0. The van der Waals surface area contributed by atoms with E-state index in [9.17, 15) is 32.7 Å². The Balaban J connectivity index is 1.82. The fraction of sp³-hybridized carbons (Fsp3) is 0.812. The maximum absolute atomic E-state index is 12.9. The number of hydrogen-bond acceptors (Lipinski definition) is 3. The molecule has 0 bridgehead atoms. The van der Waals surface area contributed by atoms with Crippen LogP contribution < -0.4 is 5.32 Å². The number of carbonyl (C=O) groups is 3. The fourth-order valence-electron chi connectivity index (χ4n) is 4.19. The Kier molecular flexibility index (Phi) is 3.68. The van der Waals surface area contributed by atoms with E-state index < -0.39 is 41.5 Å². The van der Waals surface area contributed by atoms with Gasteiger partial charge in [-0.2, -0.15) is 13.2 Å². The summed E-state index contributed by atoms with van der Waals surface area (Å²) in [5, 5.41) is 11.3. The lowest BCUT2D eigenvalue weighted by Gasteiger charge is -2.34. The van der Waals surface area contributed by atoms with Crippen LogP contribution in [0.1, 0.15) is 33.6 Å². The maximum Gasteiger partial charge on any atom is 0.471 e. The van der Waals surface area contributed by atoms with Gasteiger partial charge in [0.15, 0.2) is 0 Å². The van der Waals surface area contributed by atoms with Crippen LogP contribution in [0.15, 0.2) is 0 Å². The van der Waals surface area contributed by atoms with Crippen LogP contribution in [0.25, 0.3) is 0 Å². The number of fused-ring (bicyclic) bond motifs is 1. The summed E-state index contributed by atoms with van der Waals surface area (Å²) in [5.74, 6) is -4.25. The van der Waals surface area contributed by atoms with Crippen LogP contribution in [-0.4, -0.2) is 52.6 Å². The molecule has 2 saturated carbocycles. The van der Waals surface area contributed by atoms with Crippen LogP contribution >= 0.6 is 0 Å². The molecule has 3 aliphatic rings. The zero-order chi connectivity index (χ0) is 18.9. The quantitative estimate of drug-likeness (QED) is 0.792. The summed E-state index contributed by atoms with van der Waals surface area (Å²) >= 11 is 0. The summed E-state index contributed by atoms with van der Waals surface area (Å²) in [7, 11) is 0. The predicted molar refractivity (Wildman–Crippen MR) is 79.2 cm³/mol. The number of nitrogens with one attached hydrogen (secondary N) is 1. The number of halogens is 3. The number of piperidine rings is 1. The highest BCUT2D eigenvalue weighted by molar-refractivity contribution is 5.93. The smallest absolute Gasteiger partial charge is 0.471 e. The maximum atomic E-state index is 12.9. The van der Waals surface area contributed by atoms with E-state index in [0.717, 1.165) is 4.90 Å². The van der Waals surface area contributed by atoms with Crippen LogP contribution in [0.5, 0.6) is 0 Å². The first-order valence-corrected chi connectivity index (χ1v) is 8.22. The molecule has 0 aromatic rings. The summed E-state index contributed by atoms with van der Waals surface area (Å²) in [5.41, 5.74) is -0.961. The van der Waals surface area contributed by atoms with Gasteiger partial charge in [0.1, 0.15) is 12.1 Å². The lowest BCUT2D eigenvalue weighted by Crippen LogP contribution is -2.58. The second-order valence-corrected chi connectivity index (χ2v) is 8.29. The first-order chi connectivity index (χ1) is 11.3. The van der Waals surface area contributed by atoms with Crippen molar-refractivity contribution in [3.05, 3.63) is 0 Å². The third-order valence-electron chi connectivity index (χ3n) is 6.26. The molecule has 25 heavy (non-hydrogen) atoms. The number of carbonyl (C=O) groups excluding carboxylic acids is 2. The first-order valence-electron chi connectivity index (χ1n) is 8.22. The van der Waals surface area contributed by atoms with Gasteiger partial charge in [-0.25, -0.2) is 4.79 Å². The molecule has 1 aliphatic heterocycles. The molecule has 2 amide bonds. The Morgan fingerprint density at radius 3 is 2.20 bits per heavy atom. The second-order valence-electron chi connectivity index (χ2n) is 8.29. The van der Waals surface area contributed by atoms with Crippen molar-refractivity contribution < 1.29 is 32.7 Å². The molecule has 140 valence electrons. The summed E-state index contributed by atoms with van der Waals surface area (Å²) in [6.07, 6.45) is -4.08. The molecule has 1 heterocycles. The van der Waals surface area contributed by atoms with Gasteiger partial charge in [0.2, 0.25) is 5.91 Å². The molecule has 3 rings (SSSR count). The standard InChI is InChI=1S/C16H21F3N2O4/c1-14(2)7-6-21(9(8(7)14)12(23)24)11(22)10(15(3)4-5-15)20-13(25)16(17,18)19/h7-10H,4-6H2,1-3H3,(H,20,25)(H,23,24)/t7-,8-,9-,10+/m0/s1. The van der Waals surface area contributed by atoms with E-state index in [1.54, 1.807) is 12.2 Å². The van der Waals surface area contributed by atoms with Gasteiger partial charge < -0.3 is 15.3 Å². The van der Waals surface area contributed by atoms with E-state index in [4.69, 9.17) is 0 Å². The molecule has 4 atom stereocenters. The molecule has 0 spiro atoms.